The molecule has 1 saturated carbocycles. The Hall–Kier alpha value is -1.71. The highest BCUT2D eigenvalue weighted by Crippen LogP contribution is 2.39. The van der Waals surface area contributed by atoms with Crippen molar-refractivity contribution in [2.75, 3.05) is 0 Å². The predicted octanol–water partition coefficient (Wildman–Crippen LogP) is 2.83. The molecule has 0 amide bonds. The Kier molecular flexibility index (Phi) is 3.22. The van der Waals surface area contributed by atoms with Crippen molar-refractivity contribution in [3.05, 3.63) is 23.8 Å². The first kappa shape index (κ1) is 11.8. The van der Waals surface area contributed by atoms with Gasteiger partial charge in [0.2, 0.25) is 0 Å². The van der Waals surface area contributed by atoms with Gasteiger partial charge in [0.1, 0.15) is 11.5 Å². The van der Waals surface area contributed by atoms with Crippen LogP contribution in [0.1, 0.15) is 37.7 Å². The van der Waals surface area contributed by atoms with Crippen LogP contribution in [-0.4, -0.2) is 21.1 Å². The first-order valence-corrected chi connectivity index (χ1v) is 5.84. The van der Waals surface area contributed by atoms with E-state index in [0.717, 1.165) is 30.5 Å². The van der Waals surface area contributed by atoms with Gasteiger partial charge in [-0.25, -0.2) is 0 Å². The number of phenolic OH excluding ortho intramolecular Hbond substituents is 2. The van der Waals surface area contributed by atoms with Gasteiger partial charge < -0.3 is 15.4 Å². The van der Waals surface area contributed by atoms with Crippen molar-refractivity contribution in [2.24, 2.45) is 11.1 Å². The third kappa shape index (κ3) is 2.35. The molecule has 0 heterocycles. The largest absolute Gasteiger partial charge is 0.508 e. The van der Waals surface area contributed by atoms with Crippen molar-refractivity contribution in [1.29, 1.82) is 0 Å². The molecule has 2 unspecified atom stereocenters. The third-order valence-corrected chi connectivity index (χ3v) is 3.54. The van der Waals surface area contributed by atoms with Crippen LogP contribution >= 0.6 is 0 Å². The molecule has 2 atom stereocenters. The fourth-order valence-electron chi connectivity index (χ4n) is 2.56. The molecule has 2 rings (SSSR count). The summed E-state index contributed by atoms with van der Waals surface area (Å²) in [5.41, 5.74) is 1.70. The molecule has 1 aliphatic carbocycles. The predicted molar refractivity (Wildman–Crippen MR) is 64.7 cm³/mol. The molecule has 0 saturated heterocycles. The van der Waals surface area contributed by atoms with Gasteiger partial charge in [0.15, 0.2) is 0 Å². The Bertz CT molecular complexity index is 442. The van der Waals surface area contributed by atoms with Gasteiger partial charge in [-0.15, -0.1) is 0 Å². The lowest BCUT2D eigenvalue weighted by Crippen LogP contribution is -2.21. The van der Waals surface area contributed by atoms with E-state index in [-0.39, 0.29) is 23.3 Å². The van der Waals surface area contributed by atoms with Gasteiger partial charge in [-0.05, 0) is 42.7 Å². The molecule has 92 valence electrons. The molecule has 0 aliphatic heterocycles. The molecule has 1 fully saturated rings. The molecular formula is C13H17NO3. The average Bonchev–Trinajstić information content (AvgIpc) is 2.29. The van der Waals surface area contributed by atoms with E-state index >= 15 is 0 Å². The van der Waals surface area contributed by atoms with E-state index in [2.05, 4.69) is 5.16 Å². The van der Waals surface area contributed by atoms with Gasteiger partial charge in [0.05, 0.1) is 5.71 Å². The monoisotopic (exact) mass is 235 g/mol. The smallest absolute Gasteiger partial charge is 0.122 e. The van der Waals surface area contributed by atoms with Crippen LogP contribution in [0, 0.1) is 5.92 Å². The normalized spacial score (nSPS) is 27.2. The fourth-order valence-corrected chi connectivity index (χ4v) is 2.56. The van der Waals surface area contributed by atoms with Gasteiger partial charge in [-0.2, -0.15) is 0 Å². The lowest BCUT2D eigenvalue weighted by Gasteiger charge is -2.28. The maximum Gasteiger partial charge on any atom is 0.122 e. The number of oxime groups is 1. The van der Waals surface area contributed by atoms with Crippen LogP contribution in [0.25, 0.3) is 0 Å². The van der Waals surface area contributed by atoms with Crippen LogP contribution in [0.2, 0.25) is 0 Å². The number of aromatic hydroxyl groups is 2. The lowest BCUT2D eigenvalue weighted by molar-refractivity contribution is 0.307. The highest BCUT2D eigenvalue weighted by Gasteiger charge is 2.27. The molecule has 0 bridgehead atoms. The minimum Gasteiger partial charge on any atom is -0.508 e. The zero-order chi connectivity index (χ0) is 12.4. The van der Waals surface area contributed by atoms with Crippen molar-refractivity contribution >= 4 is 5.71 Å². The molecule has 0 spiro atoms. The molecule has 1 aromatic carbocycles. The van der Waals surface area contributed by atoms with Crippen LogP contribution in [0.3, 0.4) is 0 Å². The standard InChI is InChI=1S/C13H17NO3/c1-8-6-9(2-5-12(8)14-17)11-4-3-10(15)7-13(11)16/h3-4,7-9,15-17H,2,5-6H2,1H3/b14-12+. The molecule has 4 nitrogen and oxygen atoms in total. The maximum absolute atomic E-state index is 9.81. The summed E-state index contributed by atoms with van der Waals surface area (Å²) in [5, 5.41) is 31.2. The summed E-state index contributed by atoms with van der Waals surface area (Å²) in [6.07, 6.45) is 2.47. The summed E-state index contributed by atoms with van der Waals surface area (Å²) in [5.74, 6) is 0.711. The van der Waals surface area contributed by atoms with Crippen LogP contribution in [0.15, 0.2) is 23.4 Å². The minimum atomic E-state index is 0.0766. The second-order valence-corrected chi connectivity index (χ2v) is 4.71. The summed E-state index contributed by atoms with van der Waals surface area (Å²) in [6.45, 7) is 2.03. The second-order valence-electron chi connectivity index (χ2n) is 4.71. The van der Waals surface area contributed by atoms with E-state index in [1.54, 1.807) is 12.1 Å². The molecular weight excluding hydrogens is 218 g/mol. The number of phenols is 2. The van der Waals surface area contributed by atoms with Crippen LogP contribution in [0.5, 0.6) is 11.5 Å². The Labute approximate surface area is 100 Å². The van der Waals surface area contributed by atoms with Gasteiger partial charge in [-0.1, -0.05) is 18.1 Å². The number of benzene rings is 1. The highest BCUT2D eigenvalue weighted by atomic mass is 16.4. The first-order chi connectivity index (χ1) is 8.11. The summed E-state index contributed by atoms with van der Waals surface area (Å²) < 4.78 is 0. The molecule has 1 aromatic rings. The van der Waals surface area contributed by atoms with E-state index in [9.17, 15) is 10.2 Å². The van der Waals surface area contributed by atoms with Crippen LogP contribution in [0.4, 0.5) is 0 Å². The molecule has 3 N–H and O–H groups in total. The fraction of sp³-hybridized carbons (Fsp3) is 0.462. The van der Waals surface area contributed by atoms with Crippen molar-refractivity contribution in [2.45, 2.75) is 32.1 Å². The molecule has 1 aliphatic rings. The number of rotatable bonds is 1. The summed E-state index contributed by atoms with van der Waals surface area (Å²) in [4.78, 5) is 0. The van der Waals surface area contributed by atoms with Gasteiger partial charge in [0, 0.05) is 6.07 Å². The Morgan fingerprint density at radius 1 is 1.29 bits per heavy atom. The van der Waals surface area contributed by atoms with Crippen LogP contribution in [-0.2, 0) is 0 Å². The van der Waals surface area contributed by atoms with Crippen molar-refractivity contribution in [3.63, 3.8) is 0 Å². The van der Waals surface area contributed by atoms with Crippen molar-refractivity contribution in [1.82, 2.24) is 0 Å². The maximum atomic E-state index is 9.81. The third-order valence-electron chi connectivity index (χ3n) is 3.54. The van der Waals surface area contributed by atoms with Gasteiger partial charge in [0.25, 0.3) is 0 Å². The Morgan fingerprint density at radius 3 is 2.65 bits per heavy atom. The Morgan fingerprint density at radius 2 is 2.06 bits per heavy atom. The summed E-state index contributed by atoms with van der Waals surface area (Å²) in [7, 11) is 0. The summed E-state index contributed by atoms with van der Waals surface area (Å²) >= 11 is 0. The Balaban J connectivity index is 2.19. The van der Waals surface area contributed by atoms with E-state index in [0.29, 0.717) is 0 Å². The molecule has 4 heteroatoms. The average molecular weight is 235 g/mol. The number of hydrogen-bond acceptors (Lipinski definition) is 4. The highest BCUT2D eigenvalue weighted by molar-refractivity contribution is 5.86. The van der Waals surface area contributed by atoms with Crippen molar-refractivity contribution < 1.29 is 15.4 Å². The molecule has 17 heavy (non-hydrogen) atoms. The topological polar surface area (TPSA) is 73.0 Å². The van der Waals surface area contributed by atoms with E-state index in [4.69, 9.17) is 5.21 Å². The first-order valence-electron chi connectivity index (χ1n) is 5.84. The quantitative estimate of drug-likeness (QED) is 0.517. The van der Waals surface area contributed by atoms with E-state index < -0.39 is 0 Å². The zero-order valence-corrected chi connectivity index (χ0v) is 9.80. The van der Waals surface area contributed by atoms with Gasteiger partial charge >= 0.3 is 0 Å². The number of nitrogens with zero attached hydrogens (tertiary/aromatic N) is 1. The zero-order valence-electron chi connectivity index (χ0n) is 9.80. The van der Waals surface area contributed by atoms with Gasteiger partial charge in [-0.3, -0.25) is 0 Å². The summed E-state index contributed by atoms with van der Waals surface area (Å²) in [6, 6.07) is 4.73. The second kappa shape index (κ2) is 4.65. The lowest BCUT2D eigenvalue weighted by atomic mass is 9.77. The van der Waals surface area contributed by atoms with E-state index in [1.807, 2.05) is 6.92 Å². The van der Waals surface area contributed by atoms with Crippen molar-refractivity contribution in [3.8, 4) is 11.5 Å². The SMILES string of the molecule is CC1CC(c2ccc(O)cc2O)CC/C1=N\O. The van der Waals surface area contributed by atoms with Crippen LogP contribution < -0.4 is 0 Å². The number of hydrogen-bond donors (Lipinski definition) is 3. The van der Waals surface area contributed by atoms with E-state index in [1.165, 1.54) is 6.07 Å². The molecule has 0 radical (unpaired) electrons. The molecule has 0 aromatic heterocycles. The minimum absolute atomic E-state index is 0.0766.